The van der Waals surface area contributed by atoms with E-state index in [0.717, 1.165) is 5.56 Å². The van der Waals surface area contributed by atoms with Crippen LogP contribution in [-0.4, -0.2) is 51.5 Å². The lowest BCUT2D eigenvalue weighted by Crippen LogP contribution is -2.60. The molecule has 0 spiro atoms. The van der Waals surface area contributed by atoms with Crippen LogP contribution >= 0.6 is 0 Å². The maximum atomic E-state index is 13.7. The lowest BCUT2D eigenvalue weighted by Gasteiger charge is -2.47. The third-order valence-electron chi connectivity index (χ3n) is 6.17. The van der Waals surface area contributed by atoms with Crippen molar-refractivity contribution in [3.8, 4) is 5.75 Å². The Balaban J connectivity index is 1.69. The molecule has 30 heavy (non-hydrogen) atoms. The molecule has 154 valence electrons. The van der Waals surface area contributed by atoms with Crippen LogP contribution in [-0.2, 0) is 12.2 Å². The monoisotopic (exact) mass is 406 g/mol. The second-order valence-corrected chi connectivity index (χ2v) is 7.68. The van der Waals surface area contributed by atoms with Crippen LogP contribution in [0.3, 0.4) is 0 Å². The number of hydrogen-bond acceptors (Lipinski definition) is 5. The molecule has 2 amide bonds. The van der Waals surface area contributed by atoms with Gasteiger partial charge in [-0.2, -0.15) is 0 Å². The third-order valence-corrected chi connectivity index (χ3v) is 6.17. The number of ether oxygens (including phenoxy) is 1. The summed E-state index contributed by atoms with van der Waals surface area (Å²) in [6.45, 7) is 4.81. The van der Waals surface area contributed by atoms with Gasteiger partial charge >= 0.3 is 0 Å². The number of carbonyl (C=O) groups excluding carboxylic acids is 2. The smallest absolute Gasteiger partial charge is 0.272 e. The van der Waals surface area contributed by atoms with Gasteiger partial charge in [-0.25, -0.2) is 0 Å². The Morgan fingerprint density at radius 3 is 2.60 bits per heavy atom. The molecule has 0 saturated carbocycles. The van der Waals surface area contributed by atoms with Gasteiger partial charge in [-0.05, 0) is 38.1 Å². The standard InChI is InChI=1S/C22H22N4O4/c1-14-19(15(2)30-23-14)21(28)26-12-11-25-20(27)18-5-4-10-24(18)13-22(25,26)16-6-8-17(29-3)9-7-16/h4-10H,11-13H2,1-3H3. The number of amides is 2. The van der Waals surface area contributed by atoms with E-state index in [2.05, 4.69) is 5.16 Å². The summed E-state index contributed by atoms with van der Waals surface area (Å²) < 4.78 is 12.5. The maximum absolute atomic E-state index is 13.7. The molecule has 1 fully saturated rings. The molecular formula is C22H22N4O4. The molecule has 1 aromatic carbocycles. The fraction of sp³-hybridized carbons (Fsp3) is 0.318. The van der Waals surface area contributed by atoms with Gasteiger partial charge in [0, 0.05) is 24.8 Å². The second kappa shape index (κ2) is 6.48. The molecule has 0 aliphatic carbocycles. The number of hydrogen-bond donors (Lipinski definition) is 0. The zero-order valence-electron chi connectivity index (χ0n) is 17.1. The fourth-order valence-electron chi connectivity index (χ4n) is 4.73. The lowest BCUT2D eigenvalue weighted by atomic mass is 9.93. The molecule has 8 nitrogen and oxygen atoms in total. The van der Waals surface area contributed by atoms with Crippen LogP contribution in [0.5, 0.6) is 5.75 Å². The number of methoxy groups -OCH3 is 1. The highest BCUT2D eigenvalue weighted by Crippen LogP contribution is 2.44. The topological polar surface area (TPSA) is 80.8 Å². The number of benzene rings is 1. The van der Waals surface area contributed by atoms with Crippen LogP contribution in [0.15, 0.2) is 47.1 Å². The van der Waals surface area contributed by atoms with E-state index < -0.39 is 5.66 Å². The molecule has 0 bridgehead atoms. The van der Waals surface area contributed by atoms with Crippen molar-refractivity contribution in [2.45, 2.75) is 26.1 Å². The summed E-state index contributed by atoms with van der Waals surface area (Å²) in [4.78, 5) is 30.7. The summed E-state index contributed by atoms with van der Waals surface area (Å²) in [5.74, 6) is 0.917. The van der Waals surface area contributed by atoms with E-state index in [1.54, 1.807) is 30.8 Å². The molecule has 2 aromatic heterocycles. The number of fused-ring (bicyclic) bond motifs is 2. The van der Waals surface area contributed by atoms with Crippen molar-refractivity contribution in [3.63, 3.8) is 0 Å². The van der Waals surface area contributed by atoms with Crippen molar-refractivity contribution in [1.82, 2.24) is 19.5 Å². The quantitative estimate of drug-likeness (QED) is 0.668. The normalized spacial score (nSPS) is 20.3. The summed E-state index contributed by atoms with van der Waals surface area (Å²) in [6.07, 6.45) is 1.88. The fourth-order valence-corrected chi connectivity index (χ4v) is 4.73. The minimum absolute atomic E-state index is 0.0869. The molecule has 3 aromatic rings. The number of carbonyl (C=O) groups is 2. The van der Waals surface area contributed by atoms with E-state index in [0.29, 0.717) is 48.1 Å². The van der Waals surface area contributed by atoms with E-state index in [1.165, 1.54) is 0 Å². The minimum atomic E-state index is -0.942. The van der Waals surface area contributed by atoms with Crippen LogP contribution in [0.1, 0.15) is 37.9 Å². The predicted octanol–water partition coefficient (Wildman–Crippen LogP) is 2.57. The van der Waals surface area contributed by atoms with Gasteiger partial charge in [-0.3, -0.25) is 9.59 Å². The average Bonchev–Trinajstić information content (AvgIpc) is 3.46. The molecule has 2 aliphatic rings. The second-order valence-electron chi connectivity index (χ2n) is 7.68. The van der Waals surface area contributed by atoms with Crippen LogP contribution in [0, 0.1) is 13.8 Å². The summed E-state index contributed by atoms with van der Waals surface area (Å²) in [5.41, 5.74) is 1.54. The first kappa shape index (κ1) is 18.5. The van der Waals surface area contributed by atoms with Gasteiger partial charge in [0.25, 0.3) is 11.8 Å². The van der Waals surface area contributed by atoms with E-state index in [1.807, 2.05) is 47.2 Å². The number of nitrogens with zero attached hydrogens (tertiary/aromatic N) is 4. The highest BCUT2D eigenvalue weighted by atomic mass is 16.5. The number of rotatable bonds is 3. The van der Waals surface area contributed by atoms with Gasteiger partial charge in [0.05, 0.1) is 19.3 Å². The average molecular weight is 406 g/mol. The molecule has 0 radical (unpaired) electrons. The van der Waals surface area contributed by atoms with Crippen molar-refractivity contribution < 1.29 is 18.8 Å². The molecule has 1 unspecified atom stereocenters. The van der Waals surface area contributed by atoms with E-state index in [4.69, 9.17) is 9.26 Å². The number of aryl methyl sites for hydroxylation is 2. The van der Waals surface area contributed by atoms with Crippen molar-refractivity contribution in [2.24, 2.45) is 0 Å². The van der Waals surface area contributed by atoms with Gasteiger partial charge in [0.1, 0.15) is 22.8 Å². The van der Waals surface area contributed by atoms with Crippen molar-refractivity contribution in [3.05, 3.63) is 70.9 Å². The molecular weight excluding hydrogens is 384 g/mol. The Morgan fingerprint density at radius 1 is 1.17 bits per heavy atom. The first-order valence-corrected chi connectivity index (χ1v) is 9.84. The molecule has 1 saturated heterocycles. The van der Waals surface area contributed by atoms with Gasteiger partial charge in [-0.15, -0.1) is 0 Å². The largest absolute Gasteiger partial charge is 0.497 e. The van der Waals surface area contributed by atoms with Crippen LogP contribution in [0.25, 0.3) is 0 Å². The van der Waals surface area contributed by atoms with Gasteiger partial charge in [0.2, 0.25) is 0 Å². The first-order valence-electron chi connectivity index (χ1n) is 9.84. The summed E-state index contributed by atoms with van der Waals surface area (Å²) in [6, 6.07) is 11.2. The van der Waals surface area contributed by atoms with Crippen molar-refractivity contribution in [2.75, 3.05) is 20.2 Å². The Labute approximate surface area is 173 Å². The molecule has 4 heterocycles. The third kappa shape index (κ3) is 2.36. The zero-order chi connectivity index (χ0) is 21.0. The van der Waals surface area contributed by atoms with Gasteiger partial charge in [-0.1, -0.05) is 17.3 Å². The maximum Gasteiger partial charge on any atom is 0.272 e. The van der Waals surface area contributed by atoms with E-state index >= 15 is 0 Å². The Morgan fingerprint density at radius 2 is 1.93 bits per heavy atom. The number of aromatic nitrogens is 2. The van der Waals surface area contributed by atoms with Crippen molar-refractivity contribution >= 4 is 11.8 Å². The molecule has 5 rings (SSSR count). The van der Waals surface area contributed by atoms with E-state index in [9.17, 15) is 9.59 Å². The Bertz CT molecular complexity index is 1130. The zero-order valence-corrected chi connectivity index (χ0v) is 17.1. The SMILES string of the molecule is COc1ccc(C23Cn4cccc4C(=O)N2CCN3C(=O)c2c(C)noc2C)cc1. The highest BCUT2D eigenvalue weighted by molar-refractivity contribution is 5.99. The van der Waals surface area contributed by atoms with E-state index in [-0.39, 0.29) is 11.8 Å². The molecule has 2 aliphatic heterocycles. The predicted molar refractivity (Wildman–Crippen MR) is 107 cm³/mol. The lowest BCUT2D eigenvalue weighted by molar-refractivity contribution is -0.00601. The summed E-state index contributed by atoms with van der Waals surface area (Å²) >= 11 is 0. The highest BCUT2D eigenvalue weighted by Gasteiger charge is 2.56. The van der Waals surface area contributed by atoms with Crippen LogP contribution in [0.4, 0.5) is 0 Å². The van der Waals surface area contributed by atoms with Gasteiger partial charge < -0.3 is 23.6 Å². The summed E-state index contributed by atoms with van der Waals surface area (Å²) in [5, 5.41) is 3.95. The first-order chi connectivity index (χ1) is 14.5. The minimum Gasteiger partial charge on any atom is -0.497 e. The molecule has 1 atom stereocenters. The van der Waals surface area contributed by atoms with Gasteiger partial charge in [0.15, 0.2) is 5.66 Å². The van der Waals surface area contributed by atoms with Crippen molar-refractivity contribution in [1.29, 1.82) is 0 Å². The van der Waals surface area contributed by atoms with Crippen LogP contribution in [0.2, 0.25) is 0 Å². The molecule has 8 heteroatoms. The Hall–Kier alpha value is -3.55. The summed E-state index contributed by atoms with van der Waals surface area (Å²) in [7, 11) is 1.61. The van der Waals surface area contributed by atoms with Crippen LogP contribution < -0.4 is 4.74 Å². The molecule has 0 N–H and O–H groups in total. The Kier molecular flexibility index (Phi) is 3.99.